The molecule has 1 aliphatic rings. The Kier molecular flexibility index (Phi) is 12.5. The third-order valence-corrected chi connectivity index (χ3v) is 7.97. The highest BCUT2D eigenvalue weighted by molar-refractivity contribution is 7.48. The standard InChI is InChI=1S/C30H45N2O11P/c1-19(2)41-28(34)25-21(4)31(18-40-44(37,42-29(5,6)7)43-30(8,9)10)20(3)24(27(33)39-16-15-38-11)26(25)22-13-12-14-23(17-22)32(35)36/h12-14,17,19,26H,15-16,18H2,1-11H3. The molecular formula is C30H45N2O11P. The van der Waals surface area contributed by atoms with Gasteiger partial charge in [0.25, 0.3) is 5.69 Å². The van der Waals surface area contributed by atoms with Crippen molar-refractivity contribution in [3.63, 3.8) is 0 Å². The number of esters is 2. The molecule has 44 heavy (non-hydrogen) atoms. The predicted molar refractivity (Wildman–Crippen MR) is 162 cm³/mol. The normalized spacial score (nSPS) is 16.5. The van der Waals surface area contributed by atoms with E-state index in [1.165, 1.54) is 30.2 Å². The van der Waals surface area contributed by atoms with Crippen molar-refractivity contribution >= 4 is 25.4 Å². The molecule has 0 radical (unpaired) electrons. The minimum Gasteiger partial charge on any atom is -0.460 e. The molecule has 1 aromatic rings. The molecule has 1 aromatic carbocycles. The van der Waals surface area contributed by atoms with Crippen LogP contribution in [0, 0.1) is 10.1 Å². The first-order valence-electron chi connectivity index (χ1n) is 14.2. The van der Waals surface area contributed by atoms with Crippen molar-refractivity contribution in [3.8, 4) is 0 Å². The Morgan fingerprint density at radius 3 is 2.00 bits per heavy atom. The summed E-state index contributed by atoms with van der Waals surface area (Å²) in [6, 6.07) is 5.66. The molecule has 13 nitrogen and oxygen atoms in total. The van der Waals surface area contributed by atoms with Gasteiger partial charge in [-0.2, -0.15) is 0 Å². The number of carbonyl (C=O) groups is 2. The molecule has 0 aromatic heterocycles. The predicted octanol–water partition coefficient (Wildman–Crippen LogP) is 6.40. The minimum absolute atomic E-state index is 0.00909. The fraction of sp³-hybridized carbons (Fsp3) is 0.600. The molecule has 0 aliphatic carbocycles. The molecule has 1 atom stereocenters. The van der Waals surface area contributed by atoms with Crippen LogP contribution in [0.5, 0.6) is 0 Å². The highest BCUT2D eigenvalue weighted by atomic mass is 31.2. The van der Waals surface area contributed by atoms with E-state index in [-0.39, 0.29) is 30.0 Å². The lowest BCUT2D eigenvalue weighted by atomic mass is 9.79. The summed E-state index contributed by atoms with van der Waals surface area (Å²) in [6.45, 7) is 16.3. The molecule has 14 heteroatoms. The number of phosphoric acid groups is 1. The van der Waals surface area contributed by atoms with Gasteiger partial charge in [-0.05, 0) is 74.8 Å². The van der Waals surface area contributed by atoms with Gasteiger partial charge in [-0.3, -0.25) is 23.7 Å². The molecule has 1 aliphatic heterocycles. The molecule has 0 N–H and O–H groups in total. The average Bonchev–Trinajstić information content (AvgIpc) is 2.85. The number of nitrogens with zero attached hydrogens (tertiary/aromatic N) is 2. The van der Waals surface area contributed by atoms with Gasteiger partial charge < -0.3 is 19.1 Å². The van der Waals surface area contributed by atoms with Crippen LogP contribution >= 0.6 is 7.82 Å². The molecule has 1 heterocycles. The SMILES string of the molecule is COCCOC(=O)C1=C(C)N(COP(=O)(OC(C)(C)C)OC(C)(C)C)C(C)=C(C(=O)OC(C)C)C1c1cccc([N+](=O)[O-])c1. The van der Waals surface area contributed by atoms with E-state index < -0.39 is 54.6 Å². The van der Waals surface area contributed by atoms with E-state index in [0.717, 1.165) is 0 Å². The summed E-state index contributed by atoms with van der Waals surface area (Å²) >= 11 is 0. The number of phosphoric ester groups is 1. The molecule has 0 saturated carbocycles. The van der Waals surface area contributed by atoms with Gasteiger partial charge in [0.2, 0.25) is 0 Å². The topological polar surface area (TPSA) is 153 Å². The minimum atomic E-state index is -4.21. The van der Waals surface area contributed by atoms with E-state index in [1.807, 2.05) is 0 Å². The Balaban J connectivity index is 2.79. The number of hydrogen-bond acceptors (Lipinski definition) is 12. The Hall–Kier alpha value is -3.09. The van der Waals surface area contributed by atoms with Crippen molar-refractivity contribution < 1.29 is 46.9 Å². The van der Waals surface area contributed by atoms with Crippen molar-refractivity contribution in [3.05, 3.63) is 62.5 Å². The average molecular weight is 641 g/mol. The summed E-state index contributed by atoms with van der Waals surface area (Å²) in [6.07, 6.45) is -0.525. The third-order valence-electron chi connectivity index (χ3n) is 6.00. The summed E-state index contributed by atoms with van der Waals surface area (Å²) in [5.74, 6) is -2.65. The first kappa shape index (κ1) is 37.1. The molecule has 0 amide bonds. The van der Waals surface area contributed by atoms with Crippen LogP contribution in [0.4, 0.5) is 5.69 Å². The first-order valence-corrected chi connectivity index (χ1v) is 15.6. The number of carbonyl (C=O) groups excluding carboxylic acids is 2. The second-order valence-electron chi connectivity index (χ2n) is 12.4. The van der Waals surface area contributed by atoms with E-state index in [0.29, 0.717) is 17.0 Å². The zero-order valence-corrected chi connectivity index (χ0v) is 28.3. The van der Waals surface area contributed by atoms with Crippen LogP contribution in [-0.4, -0.2) is 66.1 Å². The van der Waals surface area contributed by atoms with Crippen LogP contribution in [0.1, 0.15) is 80.7 Å². The molecular weight excluding hydrogens is 595 g/mol. The number of non-ortho nitro benzene ring substituents is 1. The van der Waals surface area contributed by atoms with Crippen LogP contribution in [0.25, 0.3) is 0 Å². The largest absolute Gasteiger partial charge is 0.477 e. The first-order chi connectivity index (χ1) is 20.2. The third kappa shape index (κ3) is 10.2. The Morgan fingerprint density at radius 2 is 1.52 bits per heavy atom. The summed E-state index contributed by atoms with van der Waals surface area (Å²) in [5.41, 5.74) is -1.12. The highest BCUT2D eigenvalue weighted by Gasteiger charge is 2.43. The number of methoxy groups -OCH3 is 1. The zero-order chi connectivity index (χ0) is 33.6. The molecule has 0 saturated heterocycles. The number of hydrogen-bond donors (Lipinski definition) is 0. The van der Waals surface area contributed by atoms with Gasteiger partial charge in [-0.25, -0.2) is 14.2 Å². The van der Waals surface area contributed by atoms with E-state index in [9.17, 15) is 24.3 Å². The number of benzene rings is 1. The van der Waals surface area contributed by atoms with Crippen LogP contribution < -0.4 is 0 Å². The number of rotatable bonds is 13. The van der Waals surface area contributed by atoms with Crippen molar-refractivity contribution in [2.24, 2.45) is 0 Å². The fourth-order valence-electron chi connectivity index (χ4n) is 4.42. The van der Waals surface area contributed by atoms with E-state index in [1.54, 1.807) is 75.3 Å². The van der Waals surface area contributed by atoms with E-state index in [2.05, 4.69) is 0 Å². The van der Waals surface area contributed by atoms with Gasteiger partial charge in [0.05, 0.1) is 45.9 Å². The summed E-state index contributed by atoms with van der Waals surface area (Å²) < 4.78 is 47.3. The summed E-state index contributed by atoms with van der Waals surface area (Å²) in [5, 5.41) is 11.7. The number of nitro groups is 1. The lowest BCUT2D eigenvalue weighted by Crippen LogP contribution is -2.37. The van der Waals surface area contributed by atoms with Gasteiger partial charge in [0, 0.05) is 30.6 Å². The van der Waals surface area contributed by atoms with E-state index >= 15 is 0 Å². The van der Waals surface area contributed by atoms with Gasteiger partial charge in [0.15, 0.2) is 0 Å². The second kappa shape index (κ2) is 14.8. The lowest BCUT2D eigenvalue weighted by Gasteiger charge is -2.39. The zero-order valence-electron chi connectivity index (χ0n) is 27.4. The Morgan fingerprint density at radius 1 is 0.977 bits per heavy atom. The molecule has 1 unspecified atom stereocenters. The lowest BCUT2D eigenvalue weighted by molar-refractivity contribution is -0.384. The maximum Gasteiger partial charge on any atom is 0.477 e. The van der Waals surface area contributed by atoms with Gasteiger partial charge in [-0.15, -0.1) is 0 Å². The van der Waals surface area contributed by atoms with Crippen molar-refractivity contribution in [1.29, 1.82) is 0 Å². The molecule has 2 rings (SSSR count). The van der Waals surface area contributed by atoms with Gasteiger partial charge >= 0.3 is 19.8 Å². The monoisotopic (exact) mass is 640 g/mol. The molecule has 0 fully saturated rings. The maximum absolute atomic E-state index is 13.9. The Labute approximate surface area is 259 Å². The quantitative estimate of drug-likeness (QED) is 0.0771. The number of nitro benzene ring substituents is 1. The smallest absolute Gasteiger partial charge is 0.460 e. The molecule has 0 spiro atoms. The highest BCUT2D eigenvalue weighted by Crippen LogP contribution is 2.56. The van der Waals surface area contributed by atoms with Crippen LogP contribution in [0.15, 0.2) is 46.8 Å². The van der Waals surface area contributed by atoms with Crippen LogP contribution in [0.3, 0.4) is 0 Å². The maximum atomic E-state index is 13.9. The molecule has 246 valence electrons. The van der Waals surface area contributed by atoms with E-state index in [4.69, 9.17) is 27.8 Å². The number of ether oxygens (including phenoxy) is 3. The van der Waals surface area contributed by atoms with Crippen molar-refractivity contribution in [1.82, 2.24) is 4.90 Å². The number of allylic oxidation sites excluding steroid dienone is 2. The second-order valence-corrected chi connectivity index (χ2v) is 13.9. The van der Waals surface area contributed by atoms with Crippen LogP contribution in [0.2, 0.25) is 0 Å². The van der Waals surface area contributed by atoms with Gasteiger partial charge in [-0.1, -0.05) is 12.1 Å². The van der Waals surface area contributed by atoms with Crippen LogP contribution in [-0.2, 0) is 41.9 Å². The van der Waals surface area contributed by atoms with Gasteiger partial charge in [0.1, 0.15) is 13.3 Å². The summed E-state index contributed by atoms with van der Waals surface area (Å²) in [4.78, 5) is 40.0. The fourth-order valence-corrected chi connectivity index (χ4v) is 6.17. The Bertz CT molecular complexity index is 1320. The van der Waals surface area contributed by atoms with Crippen molar-refractivity contribution in [2.75, 3.05) is 27.1 Å². The summed E-state index contributed by atoms with van der Waals surface area (Å²) in [7, 11) is -2.76. The molecule has 0 bridgehead atoms. The van der Waals surface area contributed by atoms with Crippen molar-refractivity contribution in [2.45, 2.75) is 92.5 Å².